The van der Waals surface area contributed by atoms with Gasteiger partial charge in [0.2, 0.25) is 0 Å². The number of unbranched alkanes of at least 4 members (excludes halogenated alkanes) is 1. The summed E-state index contributed by atoms with van der Waals surface area (Å²) in [6, 6.07) is 8.55. The van der Waals surface area contributed by atoms with E-state index in [9.17, 15) is 18.0 Å². The van der Waals surface area contributed by atoms with Crippen LogP contribution in [-0.4, -0.2) is 18.8 Å². The third-order valence-corrected chi connectivity index (χ3v) is 2.27. The maximum absolute atomic E-state index is 11.8. The quantitative estimate of drug-likeness (QED) is 0.442. The van der Waals surface area contributed by atoms with Gasteiger partial charge in [-0.3, -0.25) is 0 Å². The predicted molar refractivity (Wildman–Crippen MR) is 65.8 cm³/mol. The Kier molecular flexibility index (Phi) is 6.12. The molecule has 0 aliphatic heterocycles. The molecule has 0 unspecified atom stereocenters. The molecule has 0 aliphatic rings. The topological polar surface area (TPSA) is 26.3 Å². The molecular weight excluding hydrogens is 257 g/mol. The van der Waals surface area contributed by atoms with Crippen molar-refractivity contribution in [1.29, 1.82) is 0 Å². The number of esters is 1. The summed E-state index contributed by atoms with van der Waals surface area (Å²) >= 11 is 0. The third-order valence-electron chi connectivity index (χ3n) is 2.27. The van der Waals surface area contributed by atoms with Crippen LogP contribution in [0.4, 0.5) is 13.2 Å². The number of alkyl halides is 3. The summed E-state index contributed by atoms with van der Waals surface area (Å²) in [6.07, 6.45) is -1.58. The number of hydrogen-bond donors (Lipinski definition) is 0. The highest BCUT2D eigenvalue weighted by Gasteiger charge is 2.24. The Bertz CT molecular complexity index is 410. The Morgan fingerprint density at radius 2 is 1.84 bits per heavy atom. The minimum absolute atomic E-state index is 0.198. The van der Waals surface area contributed by atoms with Crippen LogP contribution >= 0.6 is 0 Å². The second kappa shape index (κ2) is 7.61. The van der Waals surface area contributed by atoms with Gasteiger partial charge < -0.3 is 4.74 Å². The molecule has 0 saturated heterocycles. The summed E-state index contributed by atoms with van der Waals surface area (Å²) in [5.41, 5.74) is 0.468. The van der Waals surface area contributed by atoms with Gasteiger partial charge in [0.05, 0.1) is 18.6 Å². The van der Waals surface area contributed by atoms with Crippen molar-refractivity contribution < 1.29 is 22.7 Å². The summed E-state index contributed by atoms with van der Waals surface area (Å²) in [5, 5.41) is 0. The lowest BCUT2D eigenvalue weighted by atomic mass is 10.2. The maximum atomic E-state index is 11.8. The Balaban J connectivity index is 2.13. The van der Waals surface area contributed by atoms with E-state index >= 15 is 0 Å². The number of carbonyl (C=O) groups is 1. The maximum Gasteiger partial charge on any atom is 0.392 e. The minimum Gasteiger partial charge on any atom is -0.462 e. The average Bonchev–Trinajstić information content (AvgIpc) is 2.37. The zero-order chi connectivity index (χ0) is 14.1. The van der Waals surface area contributed by atoms with E-state index in [4.69, 9.17) is 4.74 Å². The SMILES string of the molecule is O=C(OCCC/C=C/CC(F)(F)F)c1ccccc1. The van der Waals surface area contributed by atoms with Gasteiger partial charge in [0.25, 0.3) is 0 Å². The number of halogens is 3. The second-order valence-corrected chi connectivity index (χ2v) is 3.93. The van der Waals surface area contributed by atoms with Crippen LogP contribution in [0.2, 0.25) is 0 Å². The lowest BCUT2D eigenvalue weighted by molar-refractivity contribution is -0.125. The summed E-state index contributed by atoms with van der Waals surface area (Å²) < 4.78 is 40.4. The summed E-state index contributed by atoms with van der Waals surface area (Å²) in [5.74, 6) is -0.417. The van der Waals surface area contributed by atoms with E-state index in [0.717, 1.165) is 6.08 Å². The average molecular weight is 272 g/mol. The standard InChI is InChI=1S/C14H15F3O2/c15-14(16,17)10-6-1-2-7-11-19-13(18)12-8-4-3-5-9-12/h1,3-6,8-9H,2,7,10-11H2/b6-1+. The van der Waals surface area contributed by atoms with Crippen LogP contribution in [0.5, 0.6) is 0 Å². The molecule has 1 rings (SSSR count). The normalized spacial score (nSPS) is 11.7. The first-order valence-corrected chi connectivity index (χ1v) is 5.93. The van der Waals surface area contributed by atoms with E-state index in [-0.39, 0.29) is 6.61 Å². The molecule has 19 heavy (non-hydrogen) atoms. The Hall–Kier alpha value is -1.78. The van der Waals surface area contributed by atoms with Crippen molar-refractivity contribution in [3.63, 3.8) is 0 Å². The monoisotopic (exact) mass is 272 g/mol. The van der Waals surface area contributed by atoms with Crippen molar-refractivity contribution >= 4 is 5.97 Å². The van der Waals surface area contributed by atoms with Crippen LogP contribution in [-0.2, 0) is 4.74 Å². The molecule has 0 fully saturated rings. The molecule has 0 radical (unpaired) electrons. The number of ether oxygens (including phenoxy) is 1. The Labute approximate surface area is 109 Å². The molecular formula is C14H15F3O2. The Morgan fingerprint density at radius 3 is 2.47 bits per heavy atom. The Morgan fingerprint density at radius 1 is 1.16 bits per heavy atom. The van der Waals surface area contributed by atoms with Gasteiger partial charge in [-0.2, -0.15) is 13.2 Å². The molecule has 0 aliphatic carbocycles. The van der Waals surface area contributed by atoms with Crippen LogP contribution in [0.3, 0.4) is 0 Å². The fourth-order valence-corrected chi connectivity index (χ4v) is 1.36. The van der Waals surface area contributed by atoms with Gasteiger partial charge in [0, 0.05) is 0 Å². The van der Waals surface area contributed by atoms with Gasteiger partial charge in [-0.05, 0) is 25.0 Å². The smallest absolute Gasteiger partial charge is 0.392 e. The predicted octanol–water partition coefficient (Wildman–Crippen LogP) is 4.13. The fourth-order valence-electron chi connectivity index (χ4n) is 1.36. The van der Waals surface area contributed by atoms with Gasteiger partial charge in [-0.25, -0.2) is 4.79 Å². The first kappa shape index (κ1) is 15.3. The van der Waals surface area contributed by atoms with Crippen LogP contribution < -0.4 is 0 Å². The zero-order valence-electron chi connectivity index (χ0n) is 10.3. The largest absolute Gasteiger partial charge is 0.462 e. The summed E-state index contributed by atoms with van der Waals surface area (Å²) in [4.78, 5) is 11.5. The van der Waals surface area contributed by atoms with Gasteiger partial charge in [0.1, 0.15) is 0 Å². The molecule has 0 saturated carbocycles. The van der Waals surface area contributed by atoms with Crippen LogP contribution in [0.25, 0.3) is 0 Å². The van der Waals surface area contributed by atoms with E-state index in [1.807, 2.05) is 0 Å². The molecule has 104 valence electrons. The molecule has 0 aromatic heterocycles. The number of benzene rings is 1. The molecule has 0 amide bonds. The lowest BCUT2D eigenvalue weighted by Gasteiger charge is -2.03. The molecule has 0 N–H and O–H groups in total. The van der Waals surface area contributed by atoms with Crippen LogP contribution in [0.1, 0.15) is 29.6 Å². The van der Waals surface area contributed by atoms with E-state index in [1.165, 1.54) is 6.08 Å². The first-order valence-electron chi connectivity index (χ1n) is 5.93. The molecule has 0 bridgehead atoms. The second-order valence-electron chi connectivity index (χ2n) is 3.93. The zero-order valence-corrected chi connectivity index (χ0v) is 10.3. The van der Waals surface area contributed by atoms with E-state index in [2.05, 4.69) is 0 Å². The highest BCUT2D eigenvalue weighted by atomic mass is 19.4. The van der Waals surface area contributed by atoms with Crippen molar-refractivity contribution in [2.45, 2.75) is 25.4 Å². The number of carbonyl (C=O) groups excluding carboxylic acids is 1. The van der Waals surface area contributed by atoms with Crippen LogP contribution in [0, 0.1) is 0 Å². The first-order chi connectivity index (χ1) is 8.99. The number of hydrogen-bond acceptors (Lipinski definition) is 2. The van der Waals surface area contributed by atoms with Gasteiger partial charge in [-0.1, -0.05) is 30.4 Å². The third kappa shape index (κ3) is 7.28. The van der Waals surface area contributed by atoms with Crippen molar-refractivity contribution in [3.05, 3.63) is 48.0 Å². The molecule has 2 nitrogen and oxygen atoms in total. The molecule has 1 aromatic carbocycles. The van der Waals surface area contributed by atoms with Gasteiger partial charge in [-0.15, -0.1) is 0 Å². The van der Waals surface area contributed by atoms with Crippen molar-refractivity contribution in [1.82, 2.24) is 0 Å². The van der Waals surface area contributed by atoms with Crippen LogP contribution in [0.15, 0.2) is 42.5 Å². The fraction of sp³-hybridized carbons (Fsp3) is 0.357. The summed E-state index contributed by atoms with van der Waals surface area (Å²) in [6.45, 7) is 0.198. The van der Waals surface area contributed by atoms with E-state index < -0.39 is 18.6 Å². The molecule has 1 aromatic rings. The number of rotatable bonds is 6. The van der Waals surface area contributed by atoms with E-state index in [1.54, 1.807) is 30.3 Å². The minimum atomic E-state index is -4.16. The molecule has 5 heteroatoms. The molecule has 0 atom stereocenters. The van der Waals surface area contributed by atoms with Crippen molar-refractivity contribution in [2.75, 3.05) is 6.61 Å². The van der Waals surface area contributed by atoms with E-state index in [0.29, 0.717) is 18.4 Å². The molecule has 0 spiro atoms. The highest BCUT2D eigenvalue weighted by Crippen LogP contribution is 2.19. The molecule has 0 heterocycles. The summed E-state index contributed by atoms with van der Waals surface area (Å²) in [7, 11) is 0. The van der Waals surface area contributed by atoms with Crippen molar-refractivity contribution in [3.8, 4) is 0 Å². The van der Waals surface area contributed by atoms with Gasteiger partial charge in [0.15, 0.2) is 0 Å². The lowest BCUT2D eigenvalue weighted by Crippen LogP contribution is -2.06. The van der Waals surface area contributed by atoms with Crippen molar-refractivity contribution in [2.24, 2.45) is 0 Å². The highest BCUT2D eigenvalue weighted by molar-refractivity contribution is 5.89. The van der Waals surface area contributed by atoms with Gasteiger partial charge >= 0.3 is 12.1 Å². The number of allylic oxidation sites excluding steroid dienone is 2.